The van der Waals surface area contributed by atoms with Crippen LogP contribution in [0.1, 0.15) is 44.1 Å². The molecule has 0 spiro atoms. The zero-order chi connectivity index (χ0) is 20.3. The van der Waals surface area contributed by atoms with Crippen LogP contribution in [-0.4, -0.2) is 46.8 Å². The first-order valence-corrected chi connectivity index (χ1v) is 8.67. The molecule has 0 aliphatic carbocycles. The van der Waals surface area contributed by atoms with Gasteiger partial charge in [0.1, 0.15) is 6.26 Å². The van der Waals surface area contributed by atoms with Gasteiger partial charge in [0, 0.05) is 25.1 Å². The maximum absolute atomic E-state index is 12.9. The maximum atomic E-state index is 12.9. The summed E-state index contributed by atoms with van der Waals surface area (Å²) in [5, 5.41) is 11.5. The first-order chi connectivity index (χ1) is 13.4. The predicted molar refractivity (Wildman–Crippen MR) is 97.9 cm³/mol. The van der Waals surface area contributed by atoms with Gasteiger partial charge in [-0.05, 0) is 25.0 Å². The Hall–Kier alpha value is -3.62. The Morgan fingerprint density at radius 1 is 1.14 bits per heavy atom. The molecule has 0 atom stereocenters. The van der Waals surface area contributed by atoms with Crippen LogP contribution >= 0.6 is 0 Å². The minimum Gasteiger partial charge on any atom is -0.478 e. The van der Waals surface area contributed by atoms with Gasteiger partial charge >= 0.3 is 5.97 Å². The van der Waals surface area contributed by atoms with Crippen LogP contribution in [0.2, 0.25) is 0 Å². The second-order valence-corrected chi connectivity index (χ2v) is 6.47. The van der Waals surface area contributed by atoms with Crippen LogP contribution in [0.15, 0.2) is 41.0 Å². The van der Waals surface area contributed by atoms with Gasteiger partial charge < -0.3 is 25.5 Å². The van der Waals surface area contributed by atoms with Crippen LogP contribution in [0.5, 0.6) is 0 Å². The van der Waals surface area contributed by atoms with E-state index in [1.165, 1.54) is 0 Å². The minimum atomic E-state index is -1.21. The highest BCUT2D eigenvalue weighted by molar-refractivity contribution is 6.08. The summed E-state index contributed by atoms with van der Waals surface area (Å²) in [4.78, 5) is 49.0. The summed E-state index contributed by atoms with van der Waals surface area (Å²) in [6.45, 7) is 0.795. The monoisotopic (exact) mass is 385 g/mol. The summed E-state index contributed by atoms with van der Waals surface area (Å²) in [6, 6.07) is 7.60. The number of amides is 3. The van der Waals surface area contributed by atoms with Crippen molar-refractivity contribution in [2.24, 2.45) is 11.7 Å². The average Bonchev–Trinajstić information content (AvgIpc) is 3.19. The third-order valence-corrected chi connectivity index (χ3v) is 4.66. The Bertz CT molecular complexity index is 927. The number of carbonyl (C=O) groups excluding carboxylic acids is 3. The average molecular weight is 385 g/mol. The van der Waals surface area contributed by atoms with E-state index in [0.717, 1.165) is 12.3 Å². The van der Waals surface area contributed by atoms with E-state index in [-0.39, 0.29) is 34.7 Å². The molecule has 1 saturated heterocycles. The highest BCUT2D eigenvalue weighted by atomic mass is 16.4. The number of carbonyl (C=O) groups is 4. The van der Waals surface area contributed by atoms with E-state index >= 15 is 0 Å². The van der Waals surface area contributed by atoms with Crippen molar-refractivity contribution in [3.05, 3.63) is 53.5 Å². The zero-order valence-electron chi connectivity index (χ0n) is 14.9. The molecule has 2 heterocycles. The molecule has 28 heavy (non-hydrogen) atoms. The molecule has 9 nitrogen and oxygen atoms in total. The smallest absolute Gasteiger partial charge is 0.338 e. The molecule has 9 heteroatoms. The van der Waals surface area contributed by atoms with Crippen LogP contribution in [0.25, 0.3) is 0 Å². The van der Waals surface area contributed by atoms with Gasteiger partial charge in [0.15, 0.2) is 5.76 Å². The van der Waals surface area contributed by atoms with Crippen LogP contribution in [-0.2, 0) is 4.79 Å². The number of nitrogens with one attached hydrogen (secondary N) is 1. The molecule has 1 fully saturated rings. The number of anilines is 1. The van der Waals surface area contributed by atoms with E-state index in [4.69, 9.17) is 15.3 Å². The van der Waals surface area contributed by atoms with Gasteiger partial charge in [-0.2, -0.15) is 0 Å². The van der Waals surface area contributed by atoms with Crippen molar-refractivity contribution in [2.45, 2.75) is 12.8 Å². The van der Waals surface area contributed by atoms with Gasteiger partial charge in [-0.15, -0.1) is 0 Å². The molecule has 1 aliphatic heterocycles. The third kappa shape index (κ3) is 4.03. The molecule has 2 aromatic rings. The summed E-state index contributed by atoms with van der Waals surface area (Å²) in [5.74, 6) is -2.93. The number of nitrogens with two attached hydrogens (primary N) is 1. The number of hydrogen-bond acceptors (Lipinski definition) is 5. The highest BCUT2D eigenvalue weighted by Gasteiger charge is 2.28. The molecule has 1 aliphatic rings. The highest BCUT2D eigenvalue weighted by Crippen LogP contribution is 2.23. The van der Waals surface area contributed by atoms with Crippen molar-refractivity contribution in [3.8, 4) is 0 Å². The molecular weight excluding hydrogens is 366 g/mol. The Labute approximate surface area is 160 Å². The fraction of sp³-hybridized carbons (Fsp3) is 0.263. The van der Waals surface area contributed by atoms with Gasteiger partial charge in [-0.1, -0.05) is 12.1 Å². The lowest BCUT2D eigenvalue weighted by atomic mass is 9.95. The van der Waals surface area contributed by atoms with Crippen molar-refractivity contribution in [2.75, 3.05) is 18.4 Å². The Kier molecular flexibility index (Phi) is 5.44. The lowest BCUT2D eigenvalue weighted by Gasteiger charge is -2.31. The largest absolute Gasteiger partial charge is 0.478 e. The molecule has 0 unspecified atom stereocenters. The van der Waals surface area contributed by atoms with Gasteiger partial charge in [-0.25, -0.2) is 4.79 Å². The molecule has 1 aromatic carbocycles. The normalized spacial score (nSPS) is 14.5. The standard InChI is InChI=1S/C19H19N3O6/c20-16(23)11-5-7-22(8-6-11)18(25)13-3-1-2-4-14(13)21-17(24)15-9-12(10-28-15)19(26)27/h1-4,9-11H,5-8H2,(H2,20,23)(H,21,24)(H,26,27). The number of aromatic carboxylic acids is 1. The SMILES string of the molecule is NC(=O)C1CCN(C(=O)c2ccccc2NC(=O)c2cc(C(=O)O)co2)CC1. The van der Waals surface area contributed by atoms with Gasteiger partial charge in [-0.3, -0.25) is 14.4 Å². The Balaban J connectivity index is 1.74. The first kappa shape index (κ1) is 19.2. The fourth-order valence-electron chi connectivity index (χ4n) is 3.07. The predicted octanol–water partition coefficient (Wildman–Crippen LogP) is 1.57. The van der Waals surface area contributed by atoms with Crippen molar-refractivity contribution in [3.63, 3.8) is 0 Å². The number of rotatable bonds is 5. The number of primary amides is 1. The minimum absolute atomic E-state index is 0.146. The number of para-hydroxylation sites is 1. The topological polar surface area (TPSA) is 143 Å². The number of carboxylic acids is 1. The number of carboxylic acid groups (broad SMARTS) is 1. The number of piperidine rings is 1. The van der Waals surface area contributed by atoms with Crippen LogP contribution in [0, 0.1) is 5.92 Å². The third-order valence-electron chi connectivity index (χ3n) is 4.66. The van der Waals surface area contributed by atoms with Crippen molar-refractivity contribution in [1.29, 1.82) is 0 Å². The quantitative estimate of drug-likeness (QED) is 0.713. The van der Waals surface area contributed by atoms with Crippen LogP contribution in [0.3, 0.4) is 0 Å². The van der Waals surface area contributed by atoms with E-state index in [9.17, 15) is 19.2 Å². The Morgan fingerprint density at radius 3 is 2.43 bits per heavy atom. The number of furan rings is 1. The second-order valence-electron chi connectivity index (χ2n) is 6.47. The Morgan fingerprint density at radius 2 is 1.82 bits per heavy atom. The van der Waals surface area contributed by atoms with E-state index in [2.05, 4.69) is 5.32 Å². The van der Waals surface area contributed by atoms with Crippen LogP contribution < -0.4 is 11.1 Å². The molecule has 0 radical (unpaired) electrons. The number of hydrogen-bond donors (Lipinski definition) is 3. The van der Waals surface area contributed by atoms with Gasteiger partial charge in [0.05, 0.1) is 16.8 Å². The number of nitrogens with zero attached hydrogens (tertiary/aromatic N) is 1. The van der Waals surface area contributed by atoms with E-state index in [1.807, 2.05) is 0 Å². The van der Waals surface area contributed by atoms with Crippen molar-refractivity contribution >= 4 is 29.4 Å². The van der Waals surface area contributed by atoms with Crippen molar-refractivity contribution < 1.29 is 28.7 Å². The van der Waals surface area contributed by atoms with E-state index in [0.29, 0.717) is 31.5 Å². The first-order valence-electron chi connectivity index (χ1n) is 8.67. The lowest BCUT2D eigenvalue weighted by Crippen LogP contribution is -2.42. The summed E-state index contributed by atoms with van der Waals surface area (Å²) < 4.78 is 4.98. The zero-order valence-corrected chi connectivity index (χ0v) is 14.9. The summed E-state index contributed by atoms with van der Waals surface area (Å²) in [5.41, 5.74) is 5.74. The second kappa shape index (κ2) is 7.95. The molecule has 0 bridgehead atoms. The maximum Gasteiger partial charge on any atom is 0.338 e. The number of likely N-dealkylation sites (tertiary alicyclic amines) is 1. The van der Waals surface area contributed by atoms with E-state index in [1.54, 1.807) is 29.2 Å². The van der Waals surface area contributed by atoms with E-state index < -0.39 is 11.9 Å². The molecule has 3 amide bonds. The lowest BCUT2D eigenvalue weighted by molar-refractivity contribution is -0.123. The molecular formula is C19H19N3O6. The summed E-state index contributed by atoms with van der Waals surface area (Å²) in [7, 11) is 0. The van der Waals surface area contributed by atoms with Crippen molar-refractivity contribution in [1.82, 2.24) is 4.90 Å². The molecule has 146 valence electrons. The summed E-state index contributed by atoms with van der Waals surface area (Å²) >= 11 is 0. The van der Waals surface area contributed by atoms with Gasteiger partial charge in [0.2, 0.25) is 5.91 Å². The molecule has 1 aromatic heterocycles. The van der Waals surface area contributed by atoms with Crippen LogP contribution in [0.4, 0.5) is 5.69 Å². The fourth-order valence-corrected chi connectivity index (χ4v) is 3.07. The van der Waals surface area contributed by atoms with Gasteiger partial charge in [0.25, 0.3) is 11.8 Å². The summed E-state index contributed by atoms with van der Waals surface area (Å²) in [6.07, 6.45) is 1.97. The number of benzene rings is 1. The molecule has 4 N–H and O–H groups in total. The molecule has 0 saturated carbocycles. The molecule has 3 rings (SSSR count).